The highest BCUT2D eigenvalue weighted by molar-refractivity contribution is 5.33. The highest BCUT2D eigenvalue weighted by Crippen LogP contribution is 2.22. The molecule has 0 unspecified atom stereocenters. The number of nitrogens with zero attached hydrogens (tertiary/aromatic N) is 3. The molecular weight excluding hydrogens is 318 g/mol. The maximum absolute atomic E-state index is 5.82. The van der Waals surface area contributed by atoms with E-state index in [0.717, 1.165) is 49.7 Å². The summed E-state index contributed by atoms with van der Waals surface area (Å²) >= 11 is 0. The maximum Gasteiger partial charge on any atom is 0.240 e. The van der Waals surface area contributed by atoms with Crippen molar-refractivity contribution in [1.29, 1.82) is 0 Å². The lowest BCUT2D eigenvalue weighted by Crippen LogP contribution is -2.31. The summed E-state index contributed by atoms with van der Waals surface area (Å²) in [5, 5.41) is 4.07. The molecule has 0 spiro atoms. The Morgan fingerprint density at radius 3 is 2.80 bits per heavy atom. The predicted octanol–water partition coefficient (Wildman–Crippen LogP) is 3.38. The highest BCUT2D eigenvalue weighted by atomic mass is 16.5. The summed E-state index contributed by atoms with van der Waals surface area (Å²) in [6.45, 7) is 7.19. The normalized spacial score (nSPS) is 17.6. The van der Waals surface area contributed by atoms with Crippen LogP contribution in [0.5, 0.6) is 5.75 Å². The summed E-state index contributed by atoms with van der Waals surface area (Å²) in [7, 11) is 1.70. The summed E-state index contributed by atoms with van der Waals surface area (Å²) in [4.78, 5) is 6.81. The van der Waals surface area contributed by atoms with Crippen molar-refractivity contribution in [2.75, 3.05) is 20.3 Å². The molecular formula is C19H27N3O3. The Bertz CT molecular complexity index is 665. The summed E-state index contributed by atoms with van der Waals surface area (Å²) < 4.78 is 16.8. The van der Waals surface area contributed by atoms with Crippen LogP contribution in [0.25, 0.3) is 0 Å². The second kappa shape index (κ2) is 8.45. The molecule has 2 aromatic rings. The van der Waals surface area contributed by atoms with Crippen molar-refractivity contribution < 1.29 is 14.0 Å². The third kappa shape index (κ3) is 4.80. The molecule has 0 N–H and O–H groups in total. The van der Waals surface area contributed by atoms with E-state index in [4.69, 9.17) is 14.0 Å². The summed E-state index contributed by atoms with van der Waals surface area (Å²) in [6.07, 6.45) is 2.50. The van der Waals surface area contributed by atoms with Crippen LogP contribution in [0.4, 0.5) is 0 Å². The van der Waals surface area contributed by atoms with Crippen LogP contribution in [0.1, 0.15) is 49.9 Å². The van der Waals surface area contributed by atoms with E-state index in [2.05, 4.69) is 35.0 Å². The zero-order valence-corrected chi connectivity index (χ0v) is 15.3. The van der Waals surface area contributed by atoms with Crippen LogP contribution in [-0.4, -0.2) is 41.4 Å². The topological polar surface area (TPSA) is 60.6 Å². The molecule has 0 aliphatic carbocycles. The Kier molecular flexibility index (Phi) is 6.04. The minimum absolute atomic E-state index is 0.262. The van der Waals surface area contributed by atoms with Crippen LogP contribution in [0.3, 0.4) is 0 Å². The fourth-order valence-corrected chi connectivity index (χ4v) is 3.09. The van der Waals surface area contributed by atoms with Crippen LogP contribution >= 0.6 is 0 Å². The molecule has 1 aromatic carbocycles. The Morgan fingerprint density at radius 1 is 1.28 bits per heavy atom. The summed E-state index contributed by atoms with van der Waals surface area (Å²) in [5.41, 5.74) is 1.14. The first kappa shape index (κ1) is 17.9. The molecule has 25 heavy (non-hydrogen) atoms. The number of para-hydroxylation sites is 1. The molecule has 1 atom stereocenters. The van der Waals surface area contributed by atoms with Gasteiger partial charge in [-0.1, -0.05) is 37.2 Å². The largest absolute Gasteiger partial charge is 0.496 e. The SMILES string of the molecule is COc1ccccc1CN(Cc1nc(C(C)C)no1)C[C@@H]1CCCO1. The zero-order valence-electron chi connectivity index (χ0n) is 15.3. The van der Waals surface area contributed by atoms with E-state index in [-0.39, 0.29) is 12.0 Å². The van der Waals surface area contributed by atoms with Crippen molar-refractivity contribution in [3.05, 3.63) is 41.5 Å². The minimum atomic E-state index is 0.262. The molecule has 3 rings (SSSR count). The standard InChI is InChI=1S/C19H27N3O3/c1-14(2)19-20-18(25-21-19)13-22(12-16-8-6-10-24-16)11-15-7-4-5-9-17(15)23-3/h4-5,7,9,14,16H,6,8,10-13H2,1-3H3/t16-/m0/s1. The van der Waals surface area contributed by atoms with E-state index in [1.165, 1.54) is 0 Å². The van der Waals surface area contributed by atoms with E-state index in [9.17, 15) is 0 Å². The number of benzene rings is 1. The lowest BCUT2D eigenvalue weighted by molar-refractivity contribution is 0.0637. The van der Waals surface area contributed by atoms with E-state index >= 15 is 0 Å². The van der Waals surface area contributed by atoms with Gasteiger partial charge in [-0.3, -0.25) is 4.90 Å². The van der Waals surface area contributed by atoms with Gasteiger partial charge < -0.3 is 14.0 Å². The van der Waals surface area contributed by atoms with Crippen LogP contribution in [-0.2, 0) is 17.8 Å². The van der Waals surface area contributed by atoms with Gasteiger partial charge in [-0.05, 0) is 18.9 Å². The molecule has 0 radical (unpaired) electrons. The Hall–Kier alpha value is -1.92. The Morgan fingerprint density at radius 2 is 2.12 bits per heavy atom. The molecule has 0 amide bonds. The van der Waals surface area contributed by atoms with Crippen molar-refractivity contribution >= 4 is 0 Å². The van der Waals surface area contributed by atoms with Gasteiger partial charge in [0, 0.05) is 31.2 Å². The third-order valence-corrected chi connectivity index (χ3v) is 4.43. The maximum atomic E-state index is 5.82. The van der Waals surface area contributed by atoms with Gasteiger partial charge in [0.2, 0.25) is 5.89 Å². The lowest BCUT2D eigenvalue weighted by Gasteiger charge is -2.24. The lowest BCUT2D eigenvalue weighted by atomic mass is 10.1. The molecule has 136 valence electrons. The molecule has 6 nitrogen and oxygen atoms in total. The van der Waals surface area contributed by atoms with E-state index < -0.39 is 0 Å². The second-order valence-electron chi connectivity index (χ2n) is 6.82. The molecule has 6 heteroatoms. The molecule has 1 fully saturated rings. The first-order valence-corrected chi connectivity index (χ1v) is 8.94. The third-order valence-electron chi connectivity index (χ3n) is 4.43. The van der Waals surface area contributed by atoms with Gasteiger partial charge in [-0.2, -0.15) is 4.98 Å². The van der Waals surface area contributed by atoms with Crippen molar-refractivity contribution in [2.24, 2.45) is 0 Å². The van der Waals surface area contributed by atoms with E-state index in [1.54, 1.807) is 7.11 Å². The molecule has 0 saturated carbocycles. The van der Waals surface area contributed by atoms with Crippen LogP contribution in [0.15, 0.2) is 28.8 Å². The Labute approximate surface area is 149 Å². The number of rotatable bonds is 8. The molecule has 0 bridgehead atoms. The second-order valence-corrected chi connectivity index (χ2v) is 6.82. The number of hydrogen-bond donors (Lipinski definition) is 0. The van der Waals surface area contributed by atoms with Gasteiger partial charge in [0.15, 0.2) is 5.82 Å². The van der Waals surface area contributed by atoms with Gasteiger partial charge in [-0.25, -0.2) is 0 Å². The molecule has 1 aliphatic rings. The van der Waals surface area contributed by atoms with E-state index in [0.29, 0.717) is 12.4 Å². The minimum Gasteiger partial charge on any atom is -0.496 e. The molecule has 1 aliphatic heterocycles. The number of aromatic nitrogens is 2. The van der Waals surface area contributed by atoms with Crippen LogP contribution in [0, 0.1) is 0 Å². The molecule has 1 saturated heterocycles. The molecule has 2 heterocycles. The number of methoxy groups -OCH3 is 1. The van der Waals surface area contributed by atoms with Crippen molar-refractivity contribution in [3.63, 3.8) is 0 Å². The zero-order chi connectivity index (χ0) is 17.6. The van der Waals surface area contributed by atoms with Crippen molar-refractivity contribution in [3.8, 4) is 5.75 Å². The smallest absolute Gasteiger partial charge is 0.240 e. The van der Waals surface area contributed by atoms with Gasteiger partial charge in [-0.15, -0.1) is 0 Å². The first-order valence-electron chi connectivity index (χ1n) is 8.94. The van der Waals surface area contributed by atoms with Crippen LogP contribution < -0.4 is 4.74 Å². The first-order chi connectivity index (χ1) is 12.2. The highest BCUT2D eigenvalue weighted by Gasteiger charge is 2.22. The molecule has 1 aromatic heterocycles. The summed E-state index contributed by atoms with van der Waals surface area (Å²) in [5.74, 6) is 2.56. The van der Waals surface area contributed by atoms with Gasteiger partial charge in [0.05, 0.1) is 19.8 Å². The number of ether oxygens (including phenoxy) is 2. The monoisotopic (exact) mass is 345 g/mol. The fourth-order valence-electron chi connectivity index (χ4n) is 3.09. The van der Waals surface area contributed by atoms with Gasteiger partial charge in [0.1, 0.15) is 5.75 Å². The van der Waals surface area contributed by atoms with E-state index in [1.807, 2.05) is 18.2 Å². The van der Waals surface area contributed by atoms with Crippen molar-refractivity contribution in [2.45, 2.75) is 51.8 Å². The quantitative estimate of drug-likeness (QED) is 0.731. The number of hydrogen-bond acceptors (Lipinski definition) is 6. The predicted molar refractivity (Wildman–Crippen MR) is 94.5 cm³/mol. The van der Waals surface area contributed by atoms with Gasteiger partial charge in [0.25, 0.3) is 0 Å². The average molecular weight is 345 g/mol. The Balaban J connectivity index is 1.73. The summed E-state index contributed by atoms with van der Waals surface area (Å²) in [6, 6.07) is 8.10. The average Bonchev–Trinajstić information content (AvgIpc) is 3.27. The van der Waals surface area contributed by atoms with Gasteiger partial charge >= 0.3 is 0 Å². The fraction of sp³-hybridized carbons (Fsp3) is 0.579. The van der Waals surface area contributed by atoms with Crippen LogP contribution in [0.2, 0.25) is 0 Å². The van der Waals surface area contributed by atoms with Crippen molar-refractivity contribution in [1.82, 2.24) is 15.0 Å².